The summed E-state index contributed by atoms with van der Waals surface area (Å²) in [5, 5.41) is 10.8. The van der Waals surface area contributed by atoms with Gasteiger partial charge in [-0.15, -0.1) is 0 Å². The third kappa shape index (κ3) is 2.97. The number of ether oxygens (including phenoxy) is 1. The fraction of sp³-hybridized carbons (Fsp3) is 0.750. The van der Waals surface area contributed by atoms with Crippen LogP contribution in [0.2, 0.25) is 0 Å². The molecule has 0 radical (unpaired) electrons. The van der Waals surface area contributed by atoms with Crippen LogP contribution in [-0.2, 0) is 9.53 Å². The molecule has 0 unspecified atom stereocenters. The van der Waals surface area contributed by atoms with Crippen LogP contribution < -0.4 is 10.2 Å². The van der Waals surface area contributed by atoms with E-state index in [0.29, 0.717) is 18.6 Å². The lowest BCUT2D eigenvalue weighted by molar-refractivity contribution is -0.125. The van der Waals surface area contributed by atoms with Gasteiger partial charge in [-0.3, -0.25) is 9.89 Å². The second-order valence-electron chi connectivity index (χ2n) is 6.79. The van der Waals surface area contributed by atoms with Crippen LogP contribution in [0.15, 0.2) is 6.07 Å². The molecule has 22 heavy (non-hydrogen) atoms. The van der Waals surface area contributed by atoms with E-state index in [2.05, 4.69) is 26.5 Å². The maximum absolute atomic E-state index is 12.1. The van der Waals surface area contributed by atoms with E-state index in [1.807, 2.05) is 0 Å². The highest BCUT2D eigenvalue weighted by Crippen LogP contribution is 2.40. The third-order valence-corrected chi connectivity index (χ3v) is 5.07. The molecule has 2 N–H and O–H groups in total. The molecule has 1 aliphatic carbocycles. The van der Waals surface area contributed by atoms with Crippen molar-refractivity contribution in [1.29, 1.82) is 0 Å². The Labute approximate surface area is 130 Å². The van der Waals surface area contributed by atoms with Gasteiger partial charge in [-0.2, -0.15) is 5.10 Å². The predicted octanol–water partition coefficient (Wildman–Crippen LogP) is 1.41. The highest BCUT2D eigenvalue weighted by atomic mass is 16.5. The SMILES string of the molecule is O=C(NC1CCN(c2cc(C3CC3)[nH]n2)CC1)[C@@H]1CCOC1. The first-order valence-electron chi connectivity index (χ1n) is 8.48. The Morgan fingerprint density at radius 3 is 2.77 bits per heavy atom. The molecular formula is C16H24N4O2. The van der Waals surface area contributed by atoms with Crippen molar-refractivity contribution < 1.29 is 9.53 Å². The highest BCUT2D eigenvalue weighted by Gasteiger charge is 2.29. The second-order valence-corrected chi connectivity index (χ2v) is 6.79. The molecule has 0 bridgehead atoms. The average Bonchev–Trinajstić information content (AvgIpc) is 3.05. The summed E-state index contributed by atoms with van der Waals surface area (Å²) >= 11 is 0. The van der Waals surface area contributed by atoms with Crippen molar-refractivity contribution in [3.05, 3.63) is 11.8 Å². The first-order valence-corrected chi connectivity index (χ1v) is 8.48. The largest absolute Gasteiger partial charge is 0.381 e. The molecular weight excluding hydrogens is 280 g/mol. The molecule has 2 saturated heterocycles. The number of rotatable bonds is 4. The number of nitrogens with one attached hydrogen (secondary N) is 2. The quantitative estimate of drug-likeness (QED) is 0.882. The Hall–Kier alpha value is -1.56. The Bertz CT molecular complexity index is 526. The van der Waals surface area contributed by atoms with Gasteiger partial charge in [-0.1, -0.05) is 0 Å². The molecule has 2 aliphatic heterocycles. The number of H-pyrrole nitrogens is 1. The van der Waals surface area contributed by atoms with Gasteiger partial charge >= 0.3 is 0 Å². The van der Waals surface area contributed by atoms with Crippen molar-refractivity contribution in [3.8, 4) is 0 Å². The third-order valence-electron chi connectivity index (χ3n) is 5.07. The van der Waals surface area contributed by atoms with Gasteiger partial charge in [0.1, 0.15) is 0 Å². The number of nitrogens with zero attached hydrogens (tertiary/aromatic N) is 2. The summed E-state index contributed by atoms with van der Waals surface area (Å²) in [6.45, 7) is 3.23. The molecule has 6 nitrogen and oxygen atoms in total. The number of carbonyl (C=O) groups is 1. The van der Waals surface area contributed by atoms with Crippen molar-refractivity contribution in [2.24, 2.45) is 5.92 Å². The molecule has 4 rings (SSSR count). The van der Waals surface area contributed by atoms with Crippen molar-refractivity contribution in [2.45, 2.75) is 44.1 Å². The zero-order chi connectivity index (χ0) is 14.9. The summed E-state index contributed by atoms with van der Waals surface area (Å²) in [4.78, 5) is 14.5. The van der Waals surface area contributed by atoms with Crippen LogP contribution in [0, 0.1) is 5.92 Å². The van der Waals surface area contributed by atoms with Crippen LogP contribution in [0.25, 0.3) is 0 Å². The summed E-state index contributed by atoms with van der Waals surface area (Å²) in [7, 11) is 0. The molecule has 1 aromatic heterocycles. The minimum absolute atomic E-state index is 0.0606. The molecule has 0 spiro atoms. The van der Waals surface area contributed by atoms with E-state index in [1.165, 1.54) is 18.5 Å². The zero-order valence-corrected chi connectivity index (χ0v) is 12.9. The minimum atomic E-state index is 0.0606. The van der Waals surface area contributed by atoms with Gasteiger partial charge in [0, 0.05) is 43.4 Å². The molecule has 6 heteroatoms. The predicted molar refractivity (Wildman–Crippen MR) is 82.9 cm³/mol. The van der Waals surface area contributed by atoms with Gasteiger partial charge < -0.3 is 15.0 Å². The molecule has 3 fully saturated rings. The van der Waals surface area contributed by atoms with E-state index in [9.17, 15) is 4.79 Å². The number of hydrogen-bond donors (Lipinski definition) is 2. The average molecular weight is 304 g/mol. The number of anilines is 1. The Balaban J connectivity index is 1.27. The Morgan fingerprint density at radius 2 is 2.09 bits per heavy atom. The highest BCUT2D eigenvalue weighted by molar-refractivity contribution is 5.79. The topological polar surface area (TPSA) is 70.2 Å². The van der Waals surface area contributed by atoms with Gasteiger partial charge in [-0.25, -0.2) is 0 Å². The Morgan fingerprint density at radius 1 is 1.27 bits per heavy atom. The molecule has 1 aromatic rings. The molecule has 0 aromatic carbocycles. The maximum Gasteiger partial charge on any atom is 0.225 e. The molecule has 3 heterocycles. The molecule has 1 saturated carbocycles. The first kappa shape index (κ1) is 14.1. The zero-order valence-electron chi connectivity index (χ0n) is 12.9. The summed E-state index contributed by atoms with van der Waals surface area (Å²) in [5.74, 6) is 2.01. The minimum Gasteiger partial charge on any atom is -0.381 e. The maximum atomic E-state index is 12.1. The van der Waals surface area contributed by atoms with E-state index in [-0.39, 0.29) is 11.8 Å². The number of amides is 1. The fourth-order valence-electron chi connectivity index (χ4n) is 3.40. The van der Waals surface area contributed by atoms with Gasteiger partial charge in [-0.05, 0) is 32.1 Å². The van der Waals surface area contributed by atoms with Crippen LogP contribution in [0.3, 0.4) is 0 Å². The van der Waals surface area contributed by atoms with Crippen LogP contribution in [-0.4, -0.2) is 48.4 Å². The van der Waals surface area contributed by atoms with E-state index >= 15 is 0 Å². The normalized spacial score (nSPS) is 26.4. The van der Waals surface area contributed by atoms with E-state index in [4.69, 9.17) is 4.74 Å². The smallest absolute Gasteiger partial charge is 0.225 e. The number of aromatic amines is 1. The van der Waals surface area contributed by atoms with Crippen molar-refractivity contribution in [1.82, 2.24) is 15.5 Å². The first-order chi connectivity index (χ1) is 10.8. The van der Waals surface area contributed by atoms with Crippen LogP contribution >= 0.6 is 0 Å². The lowest BCUT2D eigenvalue weighted by Gasteiger charge is -2.32. The van der Waals surface area contributed by atoms with Gasteiger partial charge in [0.2, 0.25) is 5.91 Å². The standard InChI is InChI=1S/C16H24N4O2/c21-16(12-5-8-22-10-12)17-13-3-6-20(7-4-13)15-9-14(18-19-15)11-1-2-11/h9,11-13H,1-8,10H2,(H,17,21)(H,18,19)/t12-/m1/s1. The molecule has 1 amide bonds. The monoisotopic (exact) mass is 304 g/mol. The van der Waals surface area contributed by atoms with E-state index < -0.39 is 0 Å². The van der Waals surface area contributed by atoms with Gasteiger partial charge in [0.25, 0.3) is 0 Å². The second kappa shape index (κ2) is 5.91. The summed E-state index contributed by atoms with van der Waals surface area (Å²) in [5.41, 5.74) is 1.28. The summed E-state index contributed by atoms with van der Waals surface area (Å²) < 4.78 is 5.29. The summed E-state index contributed by atoms with van der Waals surface area (Å²) in [6.07, 6.45) is 5.43. The number of hydrogen-bond acceptors (Lipinski definition) is 4. The number of piperidine rings is 1. The van der Waals surface area contributed by atoms with Gasteiger partial charge in [0.15, 0.2) is 5.82 Å². The molecule has 1 atom stereocenters. The summed E-state index contributed by atoms with van der Waals surface area (Å²) in [6, 6.07) is 2.50. The van der Waals surface area contributed by atoms with E-state index in [0.717, 1.165) is 44.8 Å². The lowest BCUT2D eigenvalue weighted by atomic mass is 10.0. The van der Waals surface area contributed by atoms with Crippen molar-refractivity contribution >= 4 is 11.7 Å². The molecule has 3 aliphatic rings. The van der Waals surface area contributed by atoms with Crippen LogP contribution in [0.4, 0.5) is 5.82 Å². The van der Waals surface area contributed by atoms with Gasteiger partial charge in [0.05, 0.1) is 12.5 Å². The molecule has 120 valence electrons. The van der Waals surface area contributed by atoms with Crippen molar-refractivity contribution in [3.63, 3.8) is 0 Å². The number of carbonyl (C=O) groups excluding carboxylic acids is 1. The van der Waals surface area contributed by atoms with Crippen molar-refractivity contribution in [2.75, 3.05) is 31.2 Å². The van der Waals surface area contributed by atoms with Crippen LogP contribution in [0.1, 0.15) is 43.7 Å². The van der Waals surface area contributed by atoms with Crippen LogP contribution in [0.5, 0.6) is 0 Å². The lowest BCUT2D eigenvalue weighted by Crippen LogP contribution is -2.46. The fourth-order valence-corrected chi connectivity index (χ4v) is 3.40. The number of aromatic nitrogens is 2. The Kier molecular flexibility index (Phi) is 3.78. The van der Waals surface area contributed by atoms with E-state index in [1.54, 1.807) is 0 Å².